The van der Waals surface area contributed by atoms with E-state index >= 15 is 0 Å². The van der Waals surface area contributed by atoms with Crippen LogP contribution in [0.4, 0.5) is 0 Å². The average molecular weight is 372 g/mol. The van der Waals surface area contributed by atoms with Crippen LogP contribution >= 0.6 is 23.2 Å². The average Bonchev–Trinajstić information content (AvgIpc) is 2.53. The molecule has 0 aliphatic carbocycles. The smallest absolute Gasteiger partial charge is 0.242 e. The van der Waals surface area contributed by atoms with Crippen molar-refractivity contribution in [2.45, 2.75) is 13.3 Å². The Balaban J connectivity index is 1.92. The van der Waals surface area contributed by atoms with Gasteiger partial charge in [-0.15, -0.1) is 0 Å². The lowest BCUT2D eigenvalue weighted by molar-refractivity contribution is -0.140. The minimum atomic E-state index is -0.109. The number of carbonyl (C=O) groups excluding carboxylic acids is 2. The fourth-order valence-electron chi connectivity index (χ4n) is 2.65. The quantitative estimate of drug-likeness (QED) is 0.796. The van der Waals surface area contributed by atoms with Crippen LogP contribution in [0.3, 0.4) is 0 Å². The normalized spacial score (nSPS) is 15.4. The van der Waals surface area contributed by atoms with Crippen molar-refractivity contribution in [3.8, 4) is 0 Å². The number of hydrogen-bond acceptors (Lipinski definition) is 3. The Bertz CT molecular complexity index is 601. The molecule has 0 N–H and O–H groups in total. The molecule has 1 aliphatic rings. The Kier molecular flexibility index (Phi) is 6.90. The predicted molar refractivity (Wildman–Crippen MR) is 96.5 cm³/mol. The topological polar surface area (TPSA) is 43.9 Å². The van der Waals surface area contributed by atoms with Crippen molar-refractivity contribution in [3.63, 3.8) is 0 Å². The van der Waals surface area contributed by atoms with Gasteiger partial charge in [-0.1, -0.05) is 29.3 Å². The summed E-state index contributed by atoms with van der Waals surface area (Å²) in [5.41, 5.74) is 0.916. The van der Waals surface area contributed by atoms with Crippen molar-refractivity contribution >= 4 is 35.0 Å². The fourth-order valence-corrected chi connectivity index (χ4v) is 3.15. The van der Waals surface area contributed by atoms with Gasteiger partial charge in [-0.3, -0.25) is 9.59 Å². The monoisotopic (exact) mass is 371 g/mol. The van der Waals surface area contributed by atoms with Gasteiger partial charge in [-0.2, -0.15) is 0 Å². The van der Waals surface area contributed by atoms with Crippen LogP contribution in [0.25, 0.3) is 0 Å². The summed E-state index contributed by atoms with van der Waals surface area (Å²) in [6.45, 7) is 5.22. The van der Waals surface area contributed by atoms with E-state index in [1.54, 1.807) is 17.0 Å². The largest absolute Gasteiger partial charge is 0.339 e. The van der Waals surface area contributed by atoms with E-state index in [1.807, 2.05) is 18.0 Å². The zero-order chi connectivity index (χ0) is 17.7. The molecule has 1 heterocycles. The molecule has 1 aliphatic heterocycles. The van der Waals surface area contributed by atoms with E-state index in [0.717, 1.165) is 18.7 Å². The van der Waals surface area contributed by atoms with Gasteiger partial charge in [0.1, 0.15) is 0 Å². The van der Waals surface area contributed by atoms with Gasteiger partial charge in [-0.25, -0.2) is 0 Å². The van der Waals surface area contributed by atoms with Crippen LogP contribution in [-0.2, 0) is 16.0 Å². The second kappa shape index (κ2) is 8.70. The Morgan fingerprint density at radius 3 is 2.42 bits per heavy atom. The molecule has 0 radical (unpaired) electrons. The highest BCUT2D eigenvalue weighted by atomic mass is 35.5. The van der Waals surface area contributed by atoms with E-state index in [1.165, 1.54) is 6.92 Å². The summed E-state index contributed by atoms with van der Waals surface area (Å²) >= 11 is 12.1. The standard InChI is InChI=1S/C17H23Cl2N3O2/c1-13(23)22(6-5-14-3-4-15(18)11-16(14)19)12-17(24)21-9-7-20(2)8-10-21/h3-4,11H,5-10,12H2,1-2H3. The highest BCUT2D eigenvalue weighted by Gasteiger charge is 2.22. The van der Waals surface area contributed by atoms with Crippen molar-refractivity contribution in [3.05, 3.63) is 33.8 Å². The highest BCUT2D eigenvalue weighted by Crippen LogP contribution is 2.21. The maximum atomic E-state index is 12.4. The molecule has 132 valence electrons. The van der Waals surface area contributed by atoms with Crippen molar-refractivity contribution in [1.29, 1.82) is 0 Å². The van der Waals surface area contributed by atoms with Crippen LogP contribution in [0, 0.1) is 0 Å². The molecule has 0 aromatic heterocycles. The van der Waals surface area contributed by atoms with Crippen LogP contribution in [0.15, 0.2) is 18.2 Å². The minimum Gasteiger partial charge on any atom is -0.339 e. The predicted octanol–water partition coefficient (Wildman–Crippen LogP) is 2.16. The lowest BCUT2D eigenvalue weighted by Crippen LogP contribution is -2.50. The zero-order valence-corrected chi connectivity index (χ0v) is 15.6. The lowest BCUT2D eigenvalue weighted by atomic mass is 10.1. The molecule has 24 heavy (non-hydrogen) atoms. The number of hydrogen-bond donors (Lipinski definition) is 0. The summed E-state index contributed by atoms with van der Waals surface area (Å²) in [5, 5.41) is 1.16. The summed E-state index contributed by atoms with van der Waals surface area (Å²) in [6.07, 6.45) is 0.589. The van der Waals surface area contributed by atoms with E-state index in [0.29, 0.717) is 36.1 Å². The number of carbonyl (C=O) groups is 2. The second-order valence-electron chi connectivity index (χ2n) is 6.11. The third-order valence-electron chi connectivity index (χ3n) is 4.29. The summed E-state index contributed by atoms with van der Waals surface area (Å²) < 4.78 is 0. The van der Waals surface area contributed by atoms with E-state index < -0.39 is 0 Å². The summed E-state index contributed by atoms with van der Waals surface area (Å²) in [4.78, 5) is 29.9. The van der Waals surface area contributed by atoms with Crippen molar-refractivity contribution < 1.29 is 9.59 Å². The summed E-state index contributed by atoms with van der Waals surface area (Å²) in [5.74, 6) is -0.108. The van der Waals surface area contributed by atoms with Gasteiger partial charge in [0, 0.05) is 49.7 Å². The molecule has 1 saturated heterocycles. The number of amides is 2. The molecule has 0 saturated carbocycles. The first-order chi connectivity index (χ1) is 11.4. The van der Waals surface area contributed by atoms with E-state index in [4.69, 9.17) is 23.2 Å². The van der Waals surface area contributed by atoms with Crippen LogP contribution in [0.2, 0.25) is 10.0 Å². The molecular weight excluding hydrogens is 349 g/mol. The Morgan fingerprint density at radius 1 is 1.17 bits per heavy atom. The molecular formula is C17H23Cl2N3O2. The molecule has 2 rings (SSSR count). The van der Waals surface area contributed by atoms with Crippen LogP contribution in [0.5, 0.6) is 0 Å². The van der Waals surface area contributed by atoms with Crippen molar-refractivity contribution in [1.82, 2.24) is 14.7 Å². The van der Waals surface area contributed by atoms with E-state index in [2.05, 4.69) is 4.90 Å². The van der Waals surface area contributed by atoms with Crippen LogP contribution < -0.4 is 0 Å². The first-order valence-corrected chi connectivity index (χ1v) is 8.78. The van der Waals surface area contributed by atoms with Gasteiger partial charge < -0.3 is 14.7 Å². The molecule has 0 spiro atoms. The minimum absolute atomic E-state index is 0.000466. The van der Waals surface area contributed by atoms with Gasteiger partial charge in [0.2, 0.25) is 11.8 Å². The molecule has 1 aromatic rings. The summed E-state index contributed by atoms with van der Waals surface area (Å²) in [7, 11) is 2.04. The number of likely N-dealkylation sites (N-methyl/N-ethyl adjacent to an activating group) is 1. The fraction of sp³-hybridized carbons (Fsp3) is 0.529. The lowest BCUT2D eigenvalue weighted by Gasteiger charge is -2.33. The molecule has 1 aromatic carbocycles. The number of nitrogens with zero attached hydrogens (tertiary/aromatic N) is 3. The van der Waals surface area contributed by atoms with E-state index in [9.17, 15) is 9.59 Å². The number of halogens is 2. The second-order valence-corrected chi connectivity index (χ2v) is 6.95. The zero-order valence-electron chi connectivity index (χ0n) is 14.1. The molecule has 2 amide bonds. The van der Waals surface area contributed by atoms with Gasteiger partial charge in [-0.05, 0) is 31.2 Å². The van der Waals surface area contributed by atoms with Gasteiger partial charge in [0.15, 0.2) is 0 Å². The third-order valence-corrected chi connectivity index (χ3v) is 4.88. The molecule has 1 fully saturated rings. The number of benzene rings is 1. The highest BCUT2D eigenvalue weighted by molar-refractivity contribution is 6.35. The number of piperazine rings is 1. The van der Waals surface area contributed by atoms with Gasteiger partial charge in [0.25, 0.3) is 0 Å². The maximum absolute atomic E-state index is 12.4. The van der Waals surface area contributed by atoms with Gasteiger partial charge in [0.05, 0.1) is 6.54 Å². The Hall–Kier alpha value is -1.30. The third kappa shape index (κ3) is 5.36. The Morgan fingerprint density at radius 2 is 1.83 bits per heavy atom. The van der Waals surface area contributed by atoms with Crippen molar-refractivity contribution in [2.24, 2.45) is 0 Å². The summed E-state index contributed by atoms with van der Waals surface area (Å²) in [6, 6.07) is 5.31. The molecule has 0 unspecified atom stereocenters. The van der Waals surface area contributed by atoms with E-state index in [-0.39, 0.29) is 18.4 Å². The van der Waals surface area contributed by atoms with Gasteiger partial charge >= 0.3 is 0 Å². The van der Waals surface area contributed by atoms with Crippen LogP contribution in [0.1, 0.15) is 12.5 Å². The number of rotatable bonds is 5. The SMILES string of the molecule is CC(=O)N(CCc1ccc(Cl)cc1Cl)CC(=O)N1CCN(C)CC1. The Labute approximate surface area is 153 Å². The first kappa shape index (κ1) is 19.0. The first-order valence-electron chi connectivity index (χ1n) is 8.02. The molecule has 7 heteroatoms. The van der Waals surface area contributed by atoms with Crippen LogP contribution in [-0.4, -0.2) is 72.8 Å². The molecule has 5 nitrogen and oxygen atoms in total. The molecule has 0 atom stereocenters. The molecule has 0 bridgehead atoms. The maximum Gasteiger partial charge on any atom is 0.242 e. The van der Waals surface area contributed by atoms with Crippen molar-refractivity contribution in [2.75, 3.05) is 46.3 Å².